The Morgan fingerprint density at radius 3 is 2.72 bits per heavy atom. The molecule has 5 nitrogen and oxygen atoms in total. The van der Waals surface area contributed by atoms with E-state index in [1.807, 2.05) is 13.0 Å². The van der Waals surface area contributed by atoms with E-state index in [9.17, 15) is 9.18 Å². The molecule has 1 unspecified atom stereocenters. The number of aryl methyl sites for hydroxylation is 1. The van der Waals surface area contributed by atoms with Gasteiger partial charge in [-0.2, -0.15) is 0 Å². The van der Waals surface area contributed by atoms with Crippen molar-refractivity contribution >= 4 is 11.7 Å². The quantitative estimate of drug-likeness (QED) is 0.928. The van der Waals surface area contributed by atoms with Crippen molar-refractivity contribution in [2.75, 3.05) is 18.0 Å². The molecule has 132 valence electrons. The summed E-state index contributed by atoms with van der Waals surface area (Å²) in [6.07, 6.45) is 6.62. The molecule has 1 fully saturated rings. The van der Waals surface area contributed by atoms with Crippen LogP contribution in [-0.4, -0.2) is 29.0 Å². The Morgan fingerprint density at radius 1 is 1.32 bits per heavy atom. The van der Waals surface area contributed by atoms with Crippen LogP contribution in [0.1, 0.15) is 36.9 Å². The molecule has 1 aliphatic heterocycles. The van der Waals surface area contributed by atoms with Gasteiger partial charge < -0.3 is 10.2 Å². The highest BCUT2D eigenvalue weighted by Crippen LogP contribution is 2.23. The maximum Gasteiger partial charge on any atom is 0.223 e. The van der Waals surface area contributed by atoms with Crippen LogP contribution in [0.25, 0.3) is 0 Å². The molecule has 0 radical (unpaired) electrons. The number of nitrogens with zero attached hydrogens (tertiary/aromatic N) is 3. The number of hydrogen-bond acceptors (Lipinski definition) is 4. The van der Waals surface area contributed by atoms with E-state index in [0.29, 0.717) is 5.56 Å². The number of carbonyl (C=O) groups is 1. The molecule has 1 N–H and O–H groups in total. The molecular weight excluding hydrogens is 319 g/mol. The SMILES string of the molecule is Cc1ccc(C(C)NC(=O)C2CCN(c3cnccn3)CC2)cc1F. The summed E-state index contributed by atoms with van der Waals surface area (Å²) >= 11 is 0. The van der Waals surface area contributed by atoms with Crippen molar-refractivity contribution in [3.63, 3.8) is 0 Å². The van der Waals surface area contributed by atoms with E-state index < -0.39 is 0 Å². The molecular formula is C19H23FN4O. The second kappa shape index (κ2) is 7.59. The van der Waals surface area contributed by atoms with E-state index in [-0.39, 0.29) is 23.7 Å². The molecule has 3 rings (SSSR count). The molecule has 1 aromatic heterocycles. The number of carbonyl (C=O) groups excluding carboxylic acids is 1. The first kappa shape index (κ1) is 17.3. The summed E-state index contributed by atoms with van der Waals surface area (Å²) in [5.41, 5.74) is 1.40. The number of hydrogen-bond donors (Lipinski definition) is 1. The second-order valence-corrected chi connectivity index (χ2v) is 6.56. The van der Waals surface area contributed by atoms with E-state index in [1.165, 1.54) is 6.07 Å². The lowest BCUT2D eigenvalue weighted by Crippen LogP contribution is -2.41. The van der Waals surface area contributed by atoms with Gasteiger partial charge in [-0.15, -0.1) is 0 Å². The third-order valence-electron chi connectivity index (χ3n) is 4.79. The zero-order valence-corrected chi connectivity index (χ0v) is 14.6. The average molecular weight is 342 g/mol. The average Bonchev–Trinajstić information content (AvgIpc) is 2.64. The predicted molar refractivity (Wildman–Crippen MR) is 94.7 cm³/mol. The fourth-order valence-electron chi connectivity index (χ4n) is 3.12. The zero-order valence-electron chi connectivity index (χ0n) is 14.6. The highest BCUT2D eigenvalue weighted by Gasteiger charge is 2.26. The van der Waals surface area contributed by atoms with Gasteiger partial charge in [-0.25, -0.2) is 9.37 Å². The molecule has 6 heteroatoms. The minimum Gasteiger partial charge on any atom is -0.355 e. The maximum absolute atomic E-state index is 13.7. The molecule has 0 aliphatic carbocycles. The smallest absolute Gasteiger partial charge is 0.223 e. The number of benzene rings is 1. The van der Waals surface area contributed by atoms with Crippen molar-refractivity contribution in [2.45, 2.75) is 32.7 Å². The number of halogens is 1. The van der Waals surface area contributed by atoms with Crippen molar-refractivity contribution in [3.05, 3.63) is 53.7 Å². The first-order valence-electron chi connectivity index (χ1n) is 8.62. The van der Waals surface area contributed by atoms with Gasteiger partial charge >= 0.3 is 0 Å². The van der Waals surface area contributed by atoms with Crippen LogP contribution in [0.4, 0.5) is 10.2 Å². The highest BCUT2D eigenvalue weighted by atomic mass is 19.1. The van der Waals surface area contributed by atoms with Gasteiger partial charge in [0.2, 0.25) is 5.91 Å². The van der Waals surface area contributed by atoms with Crippen LogP contribution in [0.2, 0.25) is 0 Å². The molecule has 2 aromatic rings. The number of piperidine rings is 1. The topological polar surface area (TPSA) is 58.1 Å². The molecule has 0 spiro atoms. The number of nitrogens with one attached hydrogen (secondary N) is 1. The van der Waals surface area contributed by atoms with Crippen molar-refractivity contribution in [1.82, 2.24) is 15.3 Å². The summed E-state index contributed by atoms with van der Waals surface area (Å²) in [5.74, 6) is 0.624. The molecule has 25 heavy (non-hydrogen) atoms. The van der Waals surface area contributed by atoms with Gasteiger partial charge in [0.05, 0.1) is 12.2 Å². The van der Waals surface area contributed by atoms with Gasteiger partial charge in [0.25, 0.3) is 0 Å². The maximum atomic E-state index is 13.7. The predicted octanol–water partition coefficient (Wildman–Crippen LogP) is 3.02. The molecule has 1 aromatic carbocycles. The lowest BCUT2D eigenvalue weighted by atomic mass is 9.95. The Morgan fingerprint density at radius 2 is 2.08 bits per heavy atom. The number of anilines is 1. The Balaban J connectivity index is 1.55. The molecule has 0 saturated carbocycles. The first-order valence-corrected chi connectivity index (χ1v) is 8.62. The molecule has 0 bridgehead atoms. The second-order valence-electron chi connectivity index (χ2n) is 6.56. The monoisotopic (exact) mass is 342 g/mol. The third-order valence-corrected chi connectivity index (χ3v) is 4.79. The van der Waals surface area contributed by atoms with Gasteiger partial charge in [-0.3, -0.25) is 9.78 Å². The summed E-state index contributed by atoms with van der Waals surface area (Å²) < 4.78 is 13.7. The fraction of sp³-hybridized carbons (Fsp3) is 0.421. The Labute approximate surface area is 147 Å². The van der Waals surface area contributed by atoms with Crippen molar-refractivity contribution in [1.29, 1.82) is 0 Å². The van der Waals surface area contributed by atoms with Crippen LogP contribution in [0.5, 0.6) is 0 Å². The largest absolute Gasteiger partial charge is 0.355 e. The van der Waals surface area contributed by atoms with Gasteiger partial charge in [0.1, 0.15) is 11.6 Å². The van der Waals surface area contributed by atoms with E-state index in [2.05, 4.69) is 20.2 Å². The van der Waals surface area contributed by atoms with E-state index in [0.717, 1.165) is 37.3 Å². The summed E-state index contributed by atoms with van der Waals surface area (Å²) in [6.45, 7) is 5.18. The summed E-state index contributed by atoms with van der Waals surface area (Å²) in [6, 6.07) is 4.89. The van der Waals surface area contributed by atoms with Crippen molar-refractivity contribution in [3.8, 4) is 0 Å². The van der Waals surface area contributed by atoms with Gasteiger partial charge in [-0.05, 0) is 43.9 Å². The van der Waals surface area contributed by atoms with Crippen LogP contribution >= 0.6 is 0 Å². The lowest BCUT2D eigenvalue weighted by molar-refractivity contribution is -0.126. The van der Waals surface area contributed by atoms with Crippen LogP contribution in [-0.2, 0) is 4.79 Å². The van der Waals surface area contributed by atoms with E-state index >= 15 is 0 Å². The fourth-order valence-corrected chi connectivity index (χ4v) is 3.12. The number of aromatic nitrogens is 2. The third kappa shape index (κ3) is 4.13. The molecule has 1 amide bonds. The van der Waals surface area contributed by atoms with Crippen LogP contribution < -0.4 is 10.2 Å². The Hall–Kier alpha value is -2.50. The number of amides is 1. The summed E-state index contributed by atoms with van der Waals surface area (Å²) in [7, 11) is 0. The van der Waals surface area contributed by atoms with Crippen molar-refractivity contribution < 1.29 is 9.18 Å². The molecule has 1 atom stereocenters. The minimum atomic E-state index is -0.240. The van der Waals surface area contributed by atoms with E-state index in [4.69, 9.17) is 0 Å². The number of rotatable bonds is 4. The van der Waals surface area contributed by atoms with Gasteiger partial charge in [0, 0.05) is 31.4 Å². The molecule has 1 saturated heterocycles. The lowest BCUT2D eigenvalue weighted by Gasteiger charge is -2.32. The summed E-state index contributed by atoms with van der Waals surface area (Å²) in [5, 5.41) is 3.02. The zero-order chi connectivity index (χ0) is 17.8. The van der Waals surface area contributed by atoms with Gasteiger partial charge in [-0.1, -0.05) is 12.1 Å². The van der Waals surface area contributed by atoms with Crippen LogP contribution in [0, 0.1) is 18.7 Å². The minimum absolute atomic E-state index is 0.0225. The Kier molecular flexibility index (Phi) is 5.26. The van der Waals surface area contributed by atoms with Crippen LogP contribution in [0.3, 0.4) is 0 Å². The highest BCUT2D eigenvalue weighted by molar-refractivity contribution is 5.79. The van der Waals surface area contributed by atoms with Gasteiger partial charge in [0.15, 0.2) is 0 Å². The Bertz CT molecular complexity index is 729. The molecule has 2 heterocycles. The van der Waals surface area contributed by atoms with E-state index in [1.54, 1.807) is 31.6 Å². The molecule has 1 aliphatic rings. The van der Waals surface area contributed by atoms with Crippen molar-refractivity contribution in [2.24, 2.45) is 5.92 Å². The standard InChI is InChI=1S/C19H23FN4O/c1-13-3-4-16(11-17(13)20)14(2)23-19(25)15-5-9-24(10-6-15)18-12-21-7-8-22-18/h3-4,7-8,11-12,14-15H,5-6,9-10H2,1-2H3,(H,23,25). The normalized spacial score (nSPS) is 16.5. The summed E-state index contributed by atoms with van der Waals surface area (Å²) in [4.78, 5) is 23.1. The van der Waals surface area contributed by atoms with Crippen LogP contribution in [0.15, 0.2) is 36.8 Å². The first-order chi connectivity index (χ1) is 12.0.